The van der Waals surface area contributed by atoms with Gasteiger partial charge in [0.05, 0.1) is 11.9 Å². The monoisotopic (exact) mass is 249 g/mol. The first-order chi connectivity index (χ1) is 8.50. The molecule has 1 aromatic heterocycles. The summed E-state index contributed by atoms with van der Waals surface area (Å²) >= 11 is 0. The van der Waals surface area contributed by atoms with Crippen molar-refractivity contribution in [1.82, 2.24) is 4.98 Å². The average Bonchev–Trinajstić information content (AvgIpc) is 2.70. The molecule has 1 unspecified atom stereocenters. The van der Waals surface area contributed by atoms with Gasteiger partial charge in [-0.1, -0.05) is 26.0 Å². The minimum absolute atomic E-state index is 0.0567. The van der Waals surface area contributed by atoms with Crippen molar-refractivity contribution in [2.75, 3.05) is 0 Å². The molecule has 4 heteroatoms. The number of H-pyrrole nitrogens is 1. The Hall–Kier alpha value is -1.84. The fourth-order valence-corrected chi connectivity index (χ4v) is 2.34. The lowest BCUT2D eigenvalue weighted by molar-refractivity contribution is -0.137. The molecular formula is C14H16FNO2. The quantitative estimate of drug-likeness (QED) is 0.871. The Morgan fingerprint density at radius 2 is 2.17 bits per heavy atom. The van der Waals surface area contributed by atoms with Crippen LogP contribution >= 0.6 is 0 Å². The highest BCUT2D eigenvalue weighted by atomic mass is 19.1. The summed E-state index contributed by atoms with van der Waals surface area (Å²) in [6, 6.07) is 4.86. The molecule has 0 aliphatic carbocycles. The second-order valence-corrected chi connectivity index (χ2v) is 4.85. The molecule has 1 atom stereocenters. The van der Waals surface area contributed by atoms with Gasteiger partial charge in [0.1, 0.15) is 5.82 Å². The van der Waals surface area contributed by atoms with Gasteiger partial charge in [0, 0.05) is 11.6 Å². The average molecular weight is 249 g/mol. The second-order valence-electron chi connectivity index (χ2n) is 4.85. The van der Waals surface area contributed by atoms with Gasteiger partial charge < -0.3 is 10.1 Å². The van der Waals surface area contributed by atoms with Crippen LogP contribution in [0.5, 0.6) is 0 Å². The number of hydrogen-bond donors (Lipinski definition) is 2. The molecule has 0 saturated heterocycles. The summed E-state index contributed by atoms with van der Waals surface area (Å²) in [4.78, 5) is 13.8. The van der Waals surface area contributed by atoms with Crippen LogP contribution in [0.25, 0.3) is 10.9 Å². The van der Waals surface area contributed by atoms with Crippen molar-refractivity contribution in [2.45, 2.75) is 26.2 Å². The van der Waals surface area contributed by atoms with Crippen molar-refractivity contribution in [3.63, 3.8) is 0 Å². The van der Waals surface area contributed by atoms with E-state index in [4.69, 9.17) is 5.11 Å². The molecule has 2 aromatic rings. The van der Waals surface area contributed by atoms with Crippen molar-refractivity contribution in [2.24, 2.45) is 5.92 Å². The van der Waals surface area contributed by atoms with E-state index in [1.807, 2.05) is 19.9 Å². The van der Waals surface area contributed by atoms with Crippen molar-refractivity contribution in [3.05, 3.63) is 35.8 Å². The summed E-state index contributed by atoms with van der Waals surface area (Å²) in [5, 5.41) is 9.75. The Balaban J connectivity index is 2.51. The van der Waals surface area contributed by atoms with Crippen LogP contribution < -0.4 is 0 Å². The van der Waals surface area contributed by atoms with Crippen LogP contribution in [-0.2, 0) is 4.79 Å². The number of halogens is 1. The molecule has 2 rings (SSSR count). The second kappa shape index (κ2) is 4.80. The molecule has 0 bridgehead atoms. The lowest BCUT2D eigenvalue weighted by Gasteiger charge is -2.18. The van der Waals surface area contributed by atoms with E-state index in [-0.39, 0.29) is 24.1 Å². The Kier molecular flexibility index (Phi) is 3.36. The number of aromatic amines is 1. The zero-order chi connectivity index (χ0) is 13.3. The summed E-state index contributed by atoms with van der Waals surface area (Å²) in [6.07, 6.45) is 1.78. The summed E-state index contributed by atoms with van der Waals surface area (Å²) in [5.41, 5.74) is 1.32. The zero-order valence-corrected chi connectivity index (χ0v) is 10.4. The molecule has 18 heavy (non-hydrogen) atoms. The Bertz CT molecular complexity index is 574. The normalized spacial score (nSPS) is 13.1. The third-order valence-corrected chi connectivity index (χ3v) is 3.30. The highest BCUT2D eigenvalue weighted by molar-refractivity contribution is 5.85. The first-order valence-corrected chi connectivity index (χ1v) is 5.98. The van der Waals surface area contributed by atoms with Crippen molar-refractivity contribution >= 4 is 16.9 Å². The van der Waals surface area contributed by atoms with Crippen LogP contribution in [0.2, 0.25) is 0 Å². The van der Waals surface area contributed by atoms with Crippen LogP contribution in [0.15, 0.2) is 24.4 Å². The van der Waals surface area contributed by atoms with E-state index in [9.17, 15) is 9.18 Å². The SMILES string of the molecule is CC(C)C(CC(=O)O)c1c[nH]c2c(F)cccc12. The van der Waals surface area contributed by atoms with Gasteiger partial charge in [-0.3, -0.25) is 4.79 Å². The summed E-state index contributed by atoms with van der Waals surface area (Å²) in [6.45, 7) is 3.96. The van der Waals surface area contributed by atoms with E-state index in [1.54, 1.807) is 12.3 Å². The van der Waals surface area contributed by atoms with Gasteiger partial charge in [-0.2, -0.15) is 0 Å². The van der Waals surface area contributed by atoms with E-state index >= 15 is 0 Å². The van der Waals surface area contributed by atoms with E-state index in [2.05, 4.69) is 4.98 Å². The molecule has 3 nitrogen and oxygen atoms in total. The molecule has 1 heterocycles. The van der Waals surface area contributed by atoms with Crippen LogP contribution in [0.3, 0.4) is 0 Å². The number of carbonyl (C=O) groups is 1. The standard InChI is InChI=1S/C14H16FNO2/c1-8(2)10(6-13(17)18)11-7-16-14-9(11)4-3-5-12(14)15/h3-5,7-8,10,16H,6H2,1-2H3,(H,17,18). The Morgan fingerprint density at radius 3 is 2.78 bits per heavy atom. The fourth-order valence-electron chi connectivity index (χ4n) is 2.34. The van der Waals surface area contributed by atoms with E-state index < -0.39 is 5.97 Å². The summed E-state index contributed by atoms with van der Waals surface area (Å²) < 4.78 is 13.6. The fraction of sp³-hybridized carbons (Fsp3) is 0.357. The first kappa shape index (κ1) is 12.6. The highest BCUT2D eigenvalue weighted by Crippen LogP contribution is 2.33. The maximum Gasteiger partial charge on any atom is 0.303 e. The van der Waals surface area contributed by atoms with Crippen molar-refractivity contribution < 1.29 is 14.3 Å². The van der Waals surface area contributed by atoms with Crippen LogP contribution in [0.1, 0.15) is 31.7 Å². The molecule has 0 amide bonds. The van der Waals surface area contributed by atoms with E-state index in [0.717, 1.165) is 10.9 Å². The largest absolute Gasteiger partial charge is 0.481 e. The number of para-hydroxylation sites is 1. The number of aromatic nitrogens is 1. The van der Waals surface area contributed by atoms with Gasteiger partial charge in [0.15, 0.2) is 0 Å². The smallest absolute Gasteiger partial charge is 0.303 e. The molecule has 0 aliphatic rings. The molecule has 1 aromatic carbocycles. The number of nitrogens with one attached hydrogen (secondary N) is 1. The lowest BCUT2D eigenvalue weighted by Crippen LogP contribution is -2.11. The van der Waals surface area contributed by atoms with Gasteiger partial charge >= 0.3 is 5.97 Å². The third kappa shape index (κ3) is 2.23. The number of fused-ring (bicyclic) bond motifs is 1. The molecule has 0 saturated carbocycles. The Labute approximate surface area is 105 Å². The van der Waals surface area contributed by atoms with Crippen LogP contribution in [-0.4, -0.2) is 16.1 Å². The summed E-state index contributed by atoms with van der Waals surface area (Å²) in [7, 11) is 0. The number of carboxylic acid groups (broad SMARTS) is 1. The molecular weight excluding hydrogens is 233 g/mol. The maximum absolute atomic E-state index is 13.6. The molecule has 96 valence electrons. The van der Waals surface area contributed by atoms with Gasteiger partial charge in [-0.05, 0) is 23.5 Å². The van der Waals surface area contributed by atoms with Crippen molar-refractivity contribution in [1.29, 1.82) is 0 Å². The number of rotatable bonds is 4. The topological polar surface area (TPSA) is 53.1 Å². The number of aliphatic carboxylic acids is 1. The predicted octanol–water partition coefficient (Wildman–Crippen LogP) is 3.52. The van der Waals surface area contributed by atoms with Crippen LogP contribution in [0.4, 0.5) is 4.39 Å². The minimum Gasteiger partial charge on any atom is -0.481 e. The third-order valence-electron chi connectivity index (χ3n) is 3.30. The molecule has 0 fully saturated rings. The number of hydrogen-bond acceptors (Lipinski definition) is 1. The number of benzene rings is 1. The summed E-state index contributed by atoms with van der Waals surface area (Å²) in [5.74, 6) is -1.07. The number of carboxylic acids is 1. The van der Waals surface area contributed by atoms with E-state index in [1.165, 1.54) is 6.07 Å². The minimum atomic E-state index is -0.834. The Morgan fingerprint density at radius 1 is 1.44 bits per heavy atom. The molecule has 0 aliphatic heterocycles. The first-order valence-electron chi connectivity index (χ1n) is 5.98. The van der Waals surface area contributed by atoms with E-state index in [0.29, 0.717) is 5.52 Å². The molecule has 0 spiro atoms. The molecule has 2 N–H and O–H groups in total. The van der Waals surface area contributed by atoms with Crippen molar-refractivity contribution in [3.8, 4) is 0 Å². The van der Waals surface area contributed by atoms with Gasteiger partial charge in [0.25, 0.3) is 0 Å². The van der Waals surface area contributed by atoms with Crippen LogP contribution in [0, 0.1) is 11.7 Å². The predicted molar refractivity (Wildman–Crippen MR) is 68.1 cm³/mol. The van der Waals surface area contributed by atoms with Gasteiger partial charge in [0.2, 0.25) is 0 Å². The molecule has 0 radical (unpaired) electrons. The lowest BCUT2D eigenvalue weighted by atomic mass is 9.85. The highest BCUT2D eigenvalue weighted by Gasteiger charge is 2.22. The zero-order valence-electron chi connectivity index (χ0n) is 10.4. The van der Waals surface area contributed by atoms with Gasteiger partial charge in [-0.15, -0.1) is 0 Å². The maximum atomic E-state index is 13.6. The van der Waals surface area contributed by atoms with Gasteiger partial charge in [-0.25, -0.2) is 4.39 Å².